The molecule has 0 spiro atoms. The summed E-state index contributed by atoms with van der Waals surface area (Å²) in [6.45, 7) is 2.15. The summed E-state index contributed by atoms with van der Waals surface area (Å²) in [6, 6.07) is 3.97. The Morgan fingerprint density at radius 1 is 1.14 bits per heavy atom. The van der Waals surface area contributed by atoms with E-state index in [9.17, 15) is 0 Å². The Morgan fingerprint density at radius 3 is 2.29 bits per heavy atom. The summed E-state index contributed by atoms with van der Waals surface area (Å²) in [6.07, 6.45) is 2.11. The zero-order chi connectivity index (χ0) is 10.6. The summed E-state index contributed by atoms with van der Waals surface area (Å²) in [4.78, 5) is 0. The van der Waals surface area contributed by atoms with Gasteiger partial charge in [0.1, 0.15) is 11.5 Å². The van der Waals surface area contributed by atoms with Crippen LogP contribution in [0.15, 0.2) is 16.6 Å². The number of hydrogen-bond acceptors (Lipinski definition) is 2. The lowest BCUT2D eigenvalue weighted by Crippen LogP contribution is -1.94. The normalized spacial score (nSPS) is 10.0. The highest BCUT2D eigenvalue weighted by molar-refractivity contribution is 9.10. The second-order valence-corrected chi connectivity index (χ2v) is 3.90. The van der Waals surface area contributed by atoms with Gasteiger partial charge in [0, 0.05) is 0 Å². The van der Waals surface area contributed by atoms with Crippen LogP contribution in [0.3, 0.4) is 0 Å². The first-order chi connectivity index (χ1) is 6.72. The van der Waals surface area contributed by atoms with Gasteiger partial charge < -0.3 is 9.47 Å². The topological polar surface area (TPSA) is 18.5 Å². The molecule has 0 N–H and O–H groups in total. The third kappa shape index (κ3) is 2.41. The van der Waals surface area contributed by atoms with E-state index in [1.165, 1.54) is 5.56 Å². The van der Waals surface area contributed by atoms with Crippen molar-refractivity contribution in [2.45, 2.75) is 19.8 Å². The average Bonchev–Trinajstić information content (AvgIpc) is 2.20. The number of aryl methyl sites for hydroxylation is 1. The molecule has 0 amide bonds. The Kier molecular flexibility index (Phi) is 4.26. The summed E-state index contributed by atoms with van der Waals surface area (Å²) in [7, 11) is 3.36. The standard InChI is InChI=1S/C11H15BrO2/c1-4-5-8-6-11(14-3)9(12)7-10(8)13-2/h6-7H,4-5H2,1-3H3. The van der Waals surface area contributed by atoms with E-state index in [1.54, 1.807) is 14.2 Å². The molecule has 0 fully saturated rings. The van der Waals surface area contributed by atoms with Gasteiger partial charge in [-0.3, -0.25) is 0 Å². The van der Waals surface area contributed by atoms with Gasteiger partial charge in [-0.25, -0.2) is 0 Å². The lowest BCUT2D eigenvalue weighted by molar-refractivity contribution is 0.396. The van der Waals surface area contributed by atoms with E-state index < -0.39 is 0 Å². The first kappa shape index (κ1) is 11.4. The van der Waals surface area contributed by atoms with E-state index in [-0.39, 0.29) is 0 Å². The molecular formula is C11H15BrO2. The van der Waals surface area contributed by atoms with Crippen LogP contribution in [0.1, 0.15) is 18.9 Å². The summed E-state index contributed by atoms with van der Waals surface area (Å²) in [5, 5.41) is 0. The van der Waals surface area contributed by atoms with Crippen molar-refractivity contribution in [3.8, 4) is 11.5 Å². The quantitative estimate of drug-likeness (QED) is 0.824. The molecule has 0 aliphatic heterocycles. The Bertz CT molecular complexity index is 310. The summed E-state index contributed by atoms with van der Waals surface area (Å²) >= 11 is 3.43. The number of hydrogen-bond donors (Lipinski definition) is 0. The first-order valence-corrected chi connectivity index (χ1v) is 5.42. The SMILES string of the molecule is CCCc1cc(OC)c(Br)cc1OC. The first-order valence-electron chi connectivity index (χ1n) is 4.63. The number of rotatable bonds is 4. The van der Waals surface area contributed by atoms with Gasteiger partial charge in [-0.05, 0) is 40.0 Å². The van der Waals surface area contributed by atoms with Gasteiger partial charge >= 0.3 is 0 Å². The minimum atomic E-state index is 0.856. The molecule has 0 aromatic heterocycles. The Balaban J connectivity index is 3.11. The number of benzene rings is 1. The molecule has 0 atom stereocenters. The number of ether oxygens (including phenoxy) is 2. The van der Waals surface area contributed by atoms with Crippen LogP contribution >= 0.6 is 15.9 Å². The van der Waals surface area contributed by atoms with E-state index >= 15 is 0 Å². The van der Waals surface area contributed by atoms with Crippen LogP contribution in [0, 0.1) is 0 Å². The van der Waals surface area contributed by atoms with Crippen LogP contribution in [0.2, 0.25) is 0 Å². The van der Waals surface area contributed by atoms with Crippen molar-refractivity contribution in [3.63, 3.8) is 0 Å². The van der Waals surface area contributed by atoms with E-state index in [0.717, 1.165) is 28.8 Å². The highest BCUT2D eigenvalue weighted by atomic mass is 79.9. The zero-order valence-electron chi connectivity index (χ0n) is 8.76. The molecule has 2 nitrogen and oxygen atoms in total. The van der Waals surface area contributed by atoms with E-state index in [0.29, 0.717) is 0 Å². The van der Waals surface area contributed by atoms with Gasteiger partial charge in [0.2, 0.25) is 0 Å². The van der Waals surface area contributed by atoms with Crippen LogP contribution in [0.5, 0.6) is 11.5 Å². The minimum absolute atomic E-state index is 0.856. The van der Waals surface area contributed by atoms with Crippen molar-refractivity contribution in [3.05, 3.63) is 22.2 Å². The lowest BCUT2D eigenvalue weighted by atomic mass is 10.1. The van der Waals surface area contributed by atoms with Crippen molar-refractivity contribution in [1.29, 1.82) is 0 Å². The van der Waals surface area contributed by atoms with Crippen LogP contribution in [0.25, 0.3) is 0 Å². The second-order valence-electron chi connectivity index (χ2n) is 3.05. The molecule has 0 heterocycles. The maximum Gasteiger partial charge on any atom is 0.133 e. The molecule has 3 heteroatoms. The van der Waals surface area contributed by atoms with Crippen LogP contribution in [-0.2, 0) is 6.42 Å². The van der Waals surface area contributed by atoms with Gasteiger partial charge in [-0.2, -0.15) is 0 Å². The van der Waals surface area contributed by atoms with Crippen molar-refractivity contribution in [2.75, 3.05) is 14.2 Å². The third-order valence-electron chi connectivity index (χ3n) is 2.07. The zero-order valence-corrected chi connectivity index (χ0v) is 10.3. The fourth-order valence-corrected chi connectivity index (χ4v) is 1.87. The van der Waals surface area contributed by atoms with Crippen LogP contribution in [0.4, 0.5) is 0 Å². The molecule has 0 aliphatic carbocycles. The highest BCUT2D eigenvalue weighted by Crippen LogP contribution is 2.33. The van der Waals surface area contributed by atoms with Crippen molar-refractivity contribution in [1.82, 2.24) is 0 Å². The third-order valence-corrected chi connectivity index (χ3v) is 2.69. The molecular weight excluding hydrogens is 244 g/mol. The van der Waals surface area contributed by atoms with Gasteiger partial charge in [0.05, 0.1) is 18.7 Å². The second kappa shape index (κ2) is 5.25. The van der Waals surface area contributed by atoms with Crippen LogP contribution in [-0.4, -0.2) is 14.2 Å². The predicted molar refractivity (Wildman–Crippen MR) is 61.2 cm³/mol. The molecule has 0 bridgehead atoms. The summed E-state index contributed by atoms with van der Waals surface area (Å²) < 4.78 is 11.4. The molecule has 0 aliphatic rings. The maximum atomic E-state index is 5.29. The predicted octanol–water partition coefficient (Wildman–Crippen LogP) is 3.42. The fourth-order valence-electron chi connectivity index (χ4n) is 1.39. The molecule has 0 saturated heterocycles. The molecule has 1 aromatic carbocycles. The van der Waals surface area contributed by atoms with E-state index in [2.05, 4.69) is 22.9 Å². The Hall–Kier alpha value is -0.700. The van der Waals surface area contributed by atoms with Crippen LogP contribution < -0.4 is 9.47 Å². The Labute approximate surface area is 93.4 Å². The van der Waals surface area contributed by atoms with Gasteiger partial charge in [-0.15, -0.1) is 0 Å². The smallest absolute Gasteiger partial charge is 0.133 e. The Morgan fingerprint density at radius 2 is 1.79 bits per heavy atom. The maximum absolute atomic E-state index is 5.29. The highest BCUT2D eigenvalue weighted by Gasteiger charge is 2.08. The van der Waals surface area contributed by atoms with Gasteiger partial charge in [0.15, 0.2) is 0 Å². The molecule has 0 saturated carbocycles. The van der Waals surface area contributed by atoms with E-state index in [1.807, 2.05) is 12.1 Å². The van der Waals surface area contributed by atoms with Crippen molar-refractivity contribution >= 4 is 15.9 Å². The molecule has 0 radical (unpaired) electrons. The molecule has 1 aromatic rings. The van der Waals surface area contributed by atoms with Gasteiger partial charge in [0.25, 0.3) is 0 Å². The minimum Gasteiger partial charge on any atom is -0.496 e. The monoisotopic (exact) mass is 258 g/mol. The summed E-state index contributed by atoms with van der Waals surface area (Å²) in [5.41, 5.74) is 1.19. The fraction of sp³-hybridized carbons (Fsp3) is 0.455. The van der Waals surface area contributed by atoms with Crippen molar-refractivity contribution in [2.24, 2.45) is 0 Å². The largest absolute Gasteiger partial charge is 0.496 e. The van der Waals surface area contributed by atoms with Crippen molar-refractivity contribution < 1.29 is 9.47 Å². The van der Waals surface area contributed by atoms with Gasteiger partial charge in [-0.1, -0.05) is 13.3 Å². The average molecular weight is 259 g/mol. The lowest BCUT2D eigenvalue weighted by Gasteiger charge is -2.11. The molecule has 14 heavy (non-hydrogen) atoms. The number of halogens is 1. The van der Waals surface area contributed by atoms with E-state index in [4.69, 9.17) is 9.47 Å². The molecule has 78 valence electrons. The molecule has 1 rings (SSSR count). The molecule has 0 unspecified atom stereocenters. The number of methoxy groups -OCH3 is 2. The summed E-state index contributed by atoms with van der Waals surface area (Å²) in [5.74, 6) is 1.77.